The SMILES string of the molecule is NC(=O)Cn1ccnc1C1CCN(Cc2cccc(F)c2C(F)(F)F)CC1. The average Bonchev–Trinajstić information content (AvgIpc) is 3.01. The van der Waals surface area contributed by atoms with Crippen LogP contribution in [0.25, 0.3) is 0 Å². The number of halogens is 4. The van der Waals surface area contributed by atoms with E-state index in [0.29, 0.717) is 25.9 Å². The Balaban J connectivity index is 1.67. The molecular formula is C18H20F4N4O. The minimum Gasteiger partial charge on any atom is -0.368 e. The van der Waals surface area contributed by atoms with Gasteiger partial charge in [-0.1, -0.05) is 12.1 Å². The van der Waals surface area contributed by atoms with E-state index in [-0.39, 0.29) is 24.6 Å². The van der Waals surface area contributed by atoms with Crippen molar-refractivity contribution < 1.29 is 22.4 Å². The Bertz CT molecular complexity index is 810. The molecule has 1 aliphatic rings. The van der Waals surface area contributed by atoms with Gasteiger partial charge in [0.15, 0.2) is 0 Å². The number of carbonyl (C=O) groups excluding carboxylic acids is 1. The Morgan fingerprint density at radius 3 is 2.59 bits per heavy atom. The van der Waals surface area contributed by atoms with Gasteiger partial charge in [0.05, 0.1) is 5.56 Å². The topological polar surface area (TPSA) is 64.2 Å². The van der Waals surface area contributed by atoms with Crippen molar-refractivity contribution in [1.82, 2.24) is 14.5 Å². The maximum absolute atomic E-state index is 13.7. The third kappa shape index (κ3) is 4.47. The molecule has 0 bridgehead atoms. The van der Waals surface area contributed by atoms with E-state index in [0.717, 1.165) is 11.9 Å². The van der Waals surface area contributed by atoms with E-state index >= 15 is 0 Å². The summed E-state index contributed by atoms with van der Waals surface area (Å²) in [5, 5.41) is 0. The zero-order chi connectivity index (χ0) is 19.6. The molecule has 1 aromatic carbocycles. The molecule has 27 heavy (non-hydrogen) atoms. The van der Waals surface area contributed by atoms with E-state index in [4.69, 9.17) is 5.73 Å². The number of amides is 1. The van der Waals surface area contributed by atoms with Crippen LogP contribution in [0.5, 0.6) is 0 Å². The van der Waals surface area contributed by atoms with E-state index in [9.17, 15) is 22.4 Å². The first-order chi connectivity index (χ1) is 12.8. The largest absolute Gasteiger partial charge is 0.419 e. The number of hydrogen-bond donors (Lipinski definition) is 1. The van der Waals surface area contributed by atoms with Crippen molar-refractivity contribution >= 4 is 5.91 Å². The van der Waals surface area contributed by atoms with Crippen molar-refractivity contribution in [3.63, 3.8) is 0 Å². The number of primary amides is 1. The highest BCUT2D eigenvalue weighted by Gasteiger charge is 2.37. The molecule has 0 unspecified atom stereocenters. The highest BCUT2D eigenvalue weighted by atomic mass is 19.4. The molecule has 0 atom stereocenters. The fourth-order valence-corrected chi connectivity index (χ4v) is 3.59. The Hall–Kier alpha value is -2.42. The summed E-state index contributed by atoms with van der Waals surface area (Å²) in [6.07, 6.45) is -0.0563. The normalized spacial score (nSPS) is 16.6. The van der Waals surface area contributed by atoms with E-state index in [1.54, 1.807) is 17.0 Å². The van der Waals surface area contributed by atoms with Crippen LogP contribution in [-0.4, -0.2) is 33.4 Å². The summed E-state index contributed by atoms with van der Waals surface area (Å²) in [6.45, 7) is 1.20. The Kier molecular flexibility index (Phi) is 5.50. The number of benzene rings is 1. The van der Waals surface area contributed by atoms with Gasteiger partial charge in [-0.05, 0) is 37.6 Å². The quantitative estimate of drug-likeness (QED) is 0.807. The van der Waals surface area contributed by atoms with Gasteiger partial charge in [-0.15, -0.1) is 0 Å². The minimum atomic E-state index is -4.72. The number of hydrogen-bond acceptors (Lipinski definition) is 3. The van der Waals surface area contributed by atoms with Crippen LogP contribution < -0.4 is 5.73 Å². The lowest BCUT2D eigenvalue weighted by Gasteiger charge is -2.32. The predicted molar refractivity (Wildman–Crippen MR) is 90.1 cm³/mol. The smallest absolute Gasteiger partial charge is 0.368 e. The summed E-state index contributed by atoms with van der Waals surface area (Å²) in [4.78, 5) is 17.3. The van der Waals surface area contributed by atoms with Gasteiger partial charge in [-0.25, -0.2) is 9.37 Å². The molecule has 3 rings (SSSR count). The molecule has 9 heteroatoms. The molecule has 1 saturated heterocycles. The number of nitrogens with two attached hydrogens (primary N) is 1. The molecule has 0 aliphatic carbocycles. The lowest BCUT2D eigenvalue weighted by Crippen LogP contribution is -2.34. The molecule has 1 aliphatic heterocycles. The summed E-state index contributed by atoms with van der Waals surface area (Å²) < 4.78 is 54.9. The van der Waals surface area contributed by atoms with Gasteiger partial charge < -0.3 is 10.3 Å². The van der Waals surface area contributed by atoms with E-state index in [2.05, 4.69) is 4.98 Å². The number of aromatic nitrogens is 2. The first-order valence-electron chi connectivity index (χ1n) is 8.62. The molecule has 1 fully saturated rings. The lowest BCUT2D eigenvalue weighted by atomic mass is 9.95. The monoisotopic (exact) mass is 384 g/mol. The number of piperidine rings is 1. The van der Waals surface area contributed by atoms with Crippen LogP contribution in [0.3, 0.4) is 0 Å². The summed E-state index contributed by atoms with van der Waals surface area (Å²) in [5.74, 6) is -0.846. The third-order valence-electron chi connectivity index (χ3n) is 4.80. The van der Waals surface area contributed by atoms with E-state index < -0.39 is 23.5 Å². The maximum atomic E-state index is 13.7. The molecule has 2 heterocycles. The standard InChI is InChI=1S/C18H20F4N4O/c19-14-3-1-2-13(16(14)18(20,21)22)10-25-7-4-12(5-8-25)17-24-6-9-26(17)11-15(23)27/h1-3,6,9,12H,4-5,7-8,10-11H2,(H2,23,27). The molecule has 2 N–H and O–H groups in total. The molecule has 2 aromatic rings. The molecule has 1 amide bonds. The number of imidazole rings is 1. The summed E-state index contributed by atoms with van der Waals surface area (Å²) in [7, 11) is 0. The van der Waals surface area contributed by atoms with Crippen LogP contribution in [0.15, 0.2) is 30.6 Å². The molecular weight excluding hydrogens is 364 g/mol. The van der Waals surface area contributed by atoms with E-state index in [1.807, 2.05) is 4.90 Å². The second-order valence-electron chi connectivity index (χ2n) is 6.70. The second-order valence-corrected chi connectivity index (χ2v) is 6.70. The first-order valence-corrected chi connectivity index (χ1v) is 8.62. The Labute approximate surface area is 153 Å². The highest BCUT2D eigenvalue weighted by Crippen LogP contribution is 2.35. The van der Waals surface area contributed by atoms with Gasteiger partial charge in [0.25, 0.3) is 0 Å². The second kappa shape index (κ2) is 7.67. The Morgan fingerprint density at radius 1 is 1.26 bits per heavy atom. The summed E-state index contributed by atoms with van der Waals surface area (Å²) in [6, 6.07) is 3.45. The van der Waals surface area contributed by atoms with Gasteiger partial charge in [0.2, 0.25) is 5.91 Å². The number of nitrogens with zero attached hydrogens (tertiary/aromatic N) is 3. The molecule has 0 spiro atoms. The van der Waals surface area contributed by atoms with Crippen molar-refractivity contribution in [3.8, 4) is 0 Å². The lowest BCUT2D eigenvalue weighted by molar-refractivity contribution is -0.140. The zero-order valence-electron chi connectivity index (χ0n) is 14.5. The minimum absolute atomic E-state index is 0.0368. The molecule has 5 nitrogen and oxygen atoms in total. The van der Waals surface area contributed by atoms with Crippen LogP contribution in [0.2, 0.25) is 0 Å². The van der Waals surface area contributed by atoms with Crippen LogP contribution in [-0.2, 0) is 24.1 Å². The van der Waals surface area contributed by atoms with Gasteiger partial charge in [0, 0.05) is 24.9 Å². The number of alkyl halides is 3. The zero-order valence-corrected chi connectivity index (χ0v) is 14.5. The number of likely N-dealkylation sites (tertiary alicyclic amines) is 1. The average molecular weight is 384 g/mol. The molecule has 146 valence electrons. The van der Waals surface area contributed by atoms with Gasteiger partial charge in [-0.2, -0.15) is 13.2 Å². The number of rotatable bonds is 5. The van der Waals surface area contributed by atoms with Crippen molar-refractivity contribution in [2.45, 2.75) is 38.0 Å². The molecule has 1 aromatic heterocycles. The fourth-order valence-electron chi connectivity index (χ4n) is 3.59. The summed E-state index contributed by atoms with van der Waals surface area (Å²) in [5.41, 5.74) is 3.98. The maximum Gasteiger partial charge on any atom is 0.419 e. The Morgan fingerprint density at radius 2 is 1.96 bits per heavy atom. The van der Waals surface area contributed by atoms with Crippen molar-refractivity contribution in [1.29, 1.82) is 0 Å². The first kappa shape index (κ1) is 19.3. The third-order valence-corrected chi connectivity index (χ3v) is 4.80. The van der Waals surface area contributed by atoms with E-state index in [1.165, 1.54) is 12.1 Å². The summed E-state index contributed by atoms with van der Waals surface area (Å²) >= 11 is 0. The van der Waals surface area contributed by atoms with Crippen LogP contribution >= 0.6 is 0 Å². The van der Waals surface area contributed by atoms with Gasteiger partial charge in [0.1, 0.15) is 18.2 Å². The van der Waals surface area contributed by atoms with Crippen molar-refractivity contribution in [2.75, 3.05) is 13.1 Å². The molecule has 0 saturated carbocycles. The van der Waals surface area contributed by atoms with Gasteiger partial charge in [-0.3, -0.25) is 9.69 Å². The van der Waals surface area contributed by atoms with Crippen molar-refractivity contribution in [3.05, 3.63) is 53.4 Å². The molecule has 0 radical (unpaired) electrons. The van der Waals surface area contributed by atoms with Crippen molar-refractivity contribution in [2.24, 2.45) is 5.73 Å². The number of carbonyl (C=O) groups is 1. The predicted octanol–water partition coefficient (Wildman–Crippen LogP) is 2.91. The highest BCUT2D eigenvalue weighted by molar-refractivity contribution is 5.73. The van der Waals surface area contributed by atoms with Crippen LogP contribution in [0.4, 0.5) is 17.6 Å². The van der Waals surface area contributed by atoms with Crippen LogP contribution in [0, 0.1) is 5.82 Å². The van der Waals surface area contributed by atoms with Crippen LogP contribution in [0.1, 0.15) is 35.7 Å². The van der Waals surface area contributed by atoms with Gasteiger partial charge >= 0.3 is 6.18 Å². The fraction of sp³-hybridized carbons (Fsp3) is 0.444.